The van der Waals surface area contributed by atoms with Crippen LogP contribution in [0.2, 0.25) is 0 Å². The van der Waals surface area contributed by atoms with Crippen LogP contribution in [0.3, 0.4) is 0 Å². The van der Waals surface area contributed by atoms with Crippen LogP contribution in [0.4, 0.5) is 0 Å². The molecule has 2 heterocycles. The molecule has 0 aliphatic heterocycles. The van der Waals surface area contributed by atoms with E-state index in [2.05, 4.69) is 34.7 Å². The Hall–Kier alpha value is -1.42. The lowest BCUT2D eigenvalue weighted by Crippen LogP contribution is -2.36. The summed E-state index contributed by atoms with van der Waals surface area (Å²) in [5.41, 5.74) is 0. The first-order valence-corrected chi connectivity index (χ1v) is 10.3. The number of hydrogen-bond acceptors (Lipinski definition) is 5. The van der Waals surface area contributed by atoms with Crippen molar-refractivity contribution in [2.24, 2.45) is 10.1 Å². The number of hydrogen-bond donors (Lipinski definition) is 3. The van der Waals surface area contributed by atoms with Crippen LogP contribution in [-0.4, -0.2) is 20.9 Å². The van der Waals surface area contributed by atoms with Crippen molar-refractivity contribution in [3.8, 4) is 0 Å². The average molecular weight is 373 g/mol. The second kappa shape index (κ2) is 7.91. The number of rotatable bonds is 6. The fraction of sp³-hybridized carbons (Fsp3) is 0.357. The summed E-state index contributed by atoms with van der Waals surface area (Å²) in [6, 6.07) is 7.43. The Bertz CT molecular complexity index is 778. The number of nitrogens with zero attached hydrogens (tertiary/aromatic N) is 1. The molecule has 0 bridgehead atoms. The normalized spacial score (nSPS) is 12.4. The Balaban J connectivity index is 1.97. The molecule has 0 aromatic carbocycles. The number of nitrogens with two attached hydrogens (primary N) is 1. The van der Waals surface area contributed by atoms with Gasteiger partial charge >= 0.3 is 0 Å². The maximum Gasteiger partial charge on any atom is 0.247 e. The molecule has 126 valence electrons. The Morgan fingerprint density at radius 3 is 2.48 bits per heavy atom. The lowest BCUT2D eigenvalue weighted by atomic mass is 10.4. The van der Waals surface area contributed by atoms with Gasteiger partial charge in [0.15, 0.2) is 5.96 Å². The summed E-state index contributed by atoms with van der Waals surface area (Å²) >= 11 is 2.89. The third kappa shape index (κ3) is 5.61. The first kappa shape index (κ1) is 17.9. The molecule has 0 amide bonds. The zero-order chi connectivity index (χ0) is 16.9. The topological polar surface area (TPSA) is 96.6 Å². The van der Waals surface area contributed by atoms with Gasteiger partial charge in [-0.1, -0.05) is 0 Å². The number of guanidine groups is 1. The highest BCUT2D eigenvalue weighted by molar-refractivity contribution is 7.91. The van der Waals surface area contributed by atoms with Crippen LogP contribution in [0.5, 0.6) is 0 Å². The van der Waals surface area contributed by atoms with E-state index in [0.717, 1.165) is 22.8 Å². The standard InChI is InChI=1S/C14H20N4O2S3/c1-3-16-14(17-8-11-5-4-10(2)21-11)18-9-12-6-7-13(22-12)23(15,19)20/h4-7H,3,8-9H2,1-2H3,(H2,15,19,20)(H2,16,17,18). The second-order valence-corrected chi connectivity index (χ2v) is 9.16. The van der Waals surface area contributed by atoms with E-state index in [1.807, 2.05) is 6.92 Å². The molecule has 2 aromatic rings. The van der Waals surface area contributed by atoms with Gasteiger partial charge in [0.25, 0.3) is 0 Å². The highest BCUT2D eigenvalue weighted by Crippen LogP contribution is 2.20. The van der Waals surface area contributed by atoms with Gasteiger partial charge in [-0.2, -0.15) is 0 Å². The largest absolute Gasteiger partial charge is 0.357 e. The quantitative estimate of drug-likeness (QED) is 0.534. The minimum atomic E-state index is -3.63. The van der Waals surface area contributed by atoms with Crippen molar-refractivity contribution in [1.82, 2.24) is 10.6 Å². The van der Waals surface area contributed by atoms with Crippen LogP contribution in [-0.2, 0) is 23.1 Å². The molecule has 0 aliphatic carbocycles. The van der Waals surface area contributed by atoms with Gasteiger partial charge in [0.05, 0.1) is 13.1 Å². The minimum Gasteiger partial charge on any atom is -0.357 e. The van der Waals surface area contributed by atoms with Gasteiger partial charge in [0, 0.05) is 21.2 Å². The Labute approximate surface area is 144 Å². The molecule has 2 aromatic heterocycles. The molecule has 6 nitrogen and oxygen atoms in total. The zero-order valence-corrected chi connectivity index (χ0v) is 15.4. The van der Waals surface area contributed by atoms with Gasteiger partial charge in [-0.3, -0.25) is 0 Å². The lowest BCUT2D eigenvalue weighted by molar-refractivity contribution is 0.600. The number of nitrogens with one attached hydrogen (secondary N) is 2. The molecule has 9 heteroatoms. The van der Waals surface area contributed by atoms with Crippen molar-refractivity contribution in [3.63, 3.8) is 0 Å². The molecule has 0 radical (unpaired) electrons. The van der Waals surface area contributed by atoms with Gasteiger partial charge in [0.2, 0.25) is 10.0 Å². The summed E-state index contributed by atoms with van der Waals surface area (Å²) in [5, 5.41) is 11.5. The molecular formula is C14H20N4O2S3. The minimum absolute atomic E-state index is 0.172. The van der Waals surface area contributed by atoms with Crippen LogP contribution in [0.1, 0.15) is 21.6 Å². The molecular weight excluding hydrogens is 352 g/mol. The van der Waals surface area contributed by atoms with Crippen LogP contribution in [0, 0.1) is 6.92 Å². The molecule has 0 fully saturated rings. The van der Waals surface area contributed by atoms with E-state index in [-0.39, 0.29) is 4.21 Å². The van der Waals surface area contributed by atoms with Crippen molar-refractivity contribution in [1.29, 1.82) is 0 Å². The molecule has 2 rings (SSSR count). The maximum absolute atomic E-state index is 11.3. The Kier molecular flexibility index (Phi) is 6.17. The molecule has 0 spiro atoms. The van der Waals surface area contributed by atoms with Crippen LogP contribution >= 0.6 is 22.7 Å². The van der Waals surface area contributed by atoms with E-state index >= 15 is 0 Å². The average Bonchev–Trinajstić information content (AvgIpc) is 3.10. The van der Waals surface area contributed by atoms with Crippen molar-refractivity contribution in [2.75, 3.05) is 6.54 Å². The van der Waals surface area contributed by atoms with Crippen molar-refractivity contribution in [3.05, 3.63) is 38.9 Å². The van der Waals surface area contributed by atoms with Crippen molar-refractivity contribution >= 4 is 38.7 Å². The number of aryl methyl sites for hydroxylation is 1. The zero-order valence-electron chi connectivity index (χ0n) is 13.0. The molecule has 0 unspecified atom stereocenters. The molecule has 0 aliphatic rings. The first-order valence-electron chi connectivity index (χ1n) is 7.07. The van der Waals surface area contributed by atoms with Crippen LogP contribution < -0.4 is 15.8 Å². The summed E-state index contributed by atoms with van der Waals surface area (Å²) in [6.07, 6.45) is 0. The van der Waals surface area contributed by atoms with Gasteiger partial charge < -0.3 is 10.6 Å². The lowest BCUT2D eigenvalue weighted by Gasteiger charge is -2.10. The van der Waals surface area contributed by atoms with E-state index in [0.29, 0.717) is 19.0 Å². The SMILES string of the molecule is CCNC(=NCc1ccc(C)s1)NCc1ccc(S(N)(=O)=O)s1. The molecule has 23 heavy (non-hydrogen) atoms. The summed E-state index contributed by atoms with van der Waals surface area (Å²) in [7, 11) is -3.63. The summed E-state index contributed by atoms with van der Waals surface area (Å²) in [4.78, 5) is 7.88. The number of primary sulfonamides is 1. The highest BCUT2D eigenvalue weighted by Gasteiger charge is 2.11. The molecule has 0 atom stereocenters. The molecule has 0 saturated heterocycles. The van der Waals surface area contributed by atoms with Gasteiger partial charge in [-0.25, -0.2) is 18.5 Å². The molecule has 4 N–H and O–H groups in total. The number of thiophene rings is 2. The summed E-state index contributed by atoms with van der Waals surface area (Å²) in [6.45, 7) is 5.93. The maximum atomic E-state index is 11.3. The van der Waals surface area contributed by atoms with E-state index in [4.69, 9.17) is 5.14 Å². The molecule has 0 saturated carbocycles. The first-order chi connectivity index (χ1) is 10.9. The van der Waals surface area contributed by atoms with Crippen LogP contribution in [0.25, 0.3) is 0 Å². The number of aliphatic imine (C=N–C) groups is 1. The fourth-order valence-electron chi connectivity index (χ4n) is 1.85. The Morgan fingerprint density at radius 2 is 1.91 bits per heavy atom. The van der Waals surface area contributed by atoms with E-state index in [1.54, 1.807) is 17.4 Å². The number of sulfonamides is 1. The third-order valence-corrected chi connectivity index (χ3v) is 6.39. The summed E-state index contributed by atoms with van der Waals surface area (Å²) in [5.74, 6) is 0.698. The van der Waals surface area contributed by atoms with E-state index < -0.39 is 10.0 Å². The highest BCUT2D eigenvalue weighted by atomic mass is 32.2. The van der Waals surface area contributed by atoms with Crippen molar-refractivity contribution in [2.45, 2.75) is 31.1 Å². The predicted molar refractivity (Wildman–Crippen MR) is 96.4 cm³/mol. The van der Waals surface area contributed by atoms with E-state index in [1.165, 1.54) is 15.8 Å². The monoisotopic (exact) mass is 372 g/mol. The van der Waals surface area contributed by atoms with Gasteiger partial charge in [-0.15, -0.1) is 22.7 Å². The fourth-order valence-corrected chi connectivity index (χ4v) is 4.38. The van der Waals surface area contributed by atoms with Gasteiger partial charge in [-0.05, 0) is 38.1 Å². The van der Waals surface area contributed by atoms with Crippen molar-refractivity contribution < 1.29 is 8.42 Å². The Morgan fingerprint density at radius 1 is 1.17 bits per heavy atom. The van der Waals surface area contributed by atoms with Gasteiger partial charge in [0.1, 0.15) is 4.21 Å². The summed E-state index contributed by atoms with van der Waals surface area (Å²) < 4.78 is 22.7. The van der Waals surface area contributed by atoms with E-state index in [9.17, 15) is 8.42 Å². The smallest absolute Gasteiger partial charge is 0.247 e. The second-order valence-electron chi connectivity index (χ2n) is 4.83. The van der Waals surface area contributed by atoms with Crippen LogP contribution in [0.15, 0.2) is 33.5 Å². The third-order valence-electron chi connectivity index (χ3n) is 2.88. The predicted octanol–water partition coefficient (Wildman–Crippen LogP) is 2.02.